The third-order valence-corrected chi connectivity index (χ3v) is 6.72. The van der Waals surface area contributed by atoms with Crippen molar-refractivity contribution >= 4 is 12.0 Å². The van der Waals surface area contributed by atoms with Gasteiger partial charge in [-0.3, -0.25) is 9.69 Å². The van der Waals surface area contributed by atoms with Gasteiger partial charge in [0.05, 0.1) is 34.9 Å². The van der Waals surface area contributed by atoms with Crippen LogP contribution < -0.4 is 0 Å². The Labute approximate surface area is 229 Å². The highest BCUT2D eigenvalue weighted by Gasteiger charge is 2.46. The minimum atomic E-state index is -5.12. The molecule has 0 radical (unpaired) electrons. The van der Waals surface area contributed by atoms with Gasteiger partial charge in [-0.25, -0.2) is 4.79 Å². The number of hydrogen-bond donors (Lipinski definition) is 0. The highest BCUT2D eigenvalue weighted by molar-refractivity contribution is 5.74. The molecule has 3 atom stereocenters. The van der Waals surface area contributed by atoms with E-state index in [-0.39, 0.29) is 18.2 Å². The number of halogens is 9. The second kappa shape index (κ2) is 11.4. The molecule has 3 unspecified atom stereocenters. The highest BCUT2D eigenvalue weighted by atomic mass is 19.4. The van der Waals surface area contributed by atoms with E-state index in [1.54, 1.807) is 0 Å². The lowest BCUT2D eigenvalue weighted by atomic mass is 9.79. The summed E-state index contributed by atoms with van der Waals surface area (Å²) in [5.74, 6) is -1.81. The summed E-state index contributed by atoms with van der Waals surface area (Å²) in [4.78, 5) is 27.7. The molecule has 1 aromatic carbocycles. The Morgan fingerprint density at radius 3 is 1.98 bits per heavy atom. The average molecular weight is 599 g/mol. The number of alkyl halides is 9. The number of fused-ring (bicyclic) bond motifs is 1. The fourth-order valence-electron chi connectivity index (χ4n) is 5.01. The molecule has 0 bridgehead atoms. The fraction of sp³-hybridized carbons (Fsp3) is 0.481. The molecule has 14 heteroatoms. The van der Waals surface area contributed by atoms with E-state index >= 15 is 0 Å². The monoisotopic (exact) mass is 598 g/mol. The Balaban J connectivity index is 2.12. The number of ether oxygens (including phenoxy) is 1. The van der Waals surface area contributed by atoms with Gasteiger partial charge in [-0.1, -0.05) is 24.3 Å². The van der Waals surface area contributed by atoms with Crippen molar-refractivity contribution < 1.29 is 53.8 Å². The van der Waals surface area contributed by atoms with Crippen LogP contribution in [0.4, 0.5) is 44.3 Å². The lowest BCUT2D eigenvalue weighted by molar-refractivity contribution is -0.143. The molecular formula is C27H27F9N2O3. The number of hydrogen-bond acceptors (Lipinski definition) is 3. The van der Waals surface area contributed by atoms with Crippen LogP contribution in [0.15, 0.2) is 53.6 Å². The molecule has 0 N–H and O–H groups in total. The van der Waals surface area contributed by atoms with Gasteiger partial charge in [-0.15, -0.1) is 0 Å². The number of carbonyl (C=O) groups excluding carboxylic acids is 2. The topological polar surface area (TPSA) is 49.9 Å². The zero-order chi connectivity index (χ0) is 31.1. The number of nitrogens with zero attached hydrogens (tertiary/aromatic N) is 2. The Hall–Kier alpha value is -3.45. The predicted molar refractivity (Wildman–Crippen MR) is 129 cm³/mol. The van der Waals surface area contributed by atoms with Crippen LogP contribution in [0.3, 0.4) is 0 Å². The molecule has 0 saturated carbocycles. The van der Waals surface area contributed by atoms with Crippen LogP contribution in [0.25, 0.3) is 0 Å². The van der Waals surface area contributed by atoms with E-state index in [1.807, 2.05) is 0 Å². The van der Waals surface area contributed by atoms with Crippen molar-refractivity contribution in [2.75, 3.05) is 6.54 Å². The fourth-order valence-corrected chi connectivity index (χ4v) is 5.01. The predicted octanol–water partition coefficient (Wildman–Crippen LogP) is 7.29. The molecule has 2 aliphatic rings. The van der Waals surface area contributed by atoms with Crippen LogP contribution in [0.5, 0.6) is 0 Å². The van der Waals surface area contributed by atoms with Gasteiger partial charge in [0, 0.05) is 25.9 Å². The first kappa shape index (κ1) is 32.1. The number of rotatable bonds is 4. The first-order valence-corrected chi connectivity index (χ1v) is 12.4. The van der Waals surface area contributed by atoms with Crippen molar-refractivity contribution in [1.29, 1.82) is 0 Å². The van der Waals surface area contributed by atoms with E-state index in [1.165, 1.54) is 32.9 Å². The maximum Gasteiger partial charge on any atom is 0.416 e. The Morgan fingerprint density at radius 2 is 1.51 bits per heavy atom. The summed E-state index contributed by atoms with van der Waals surface area (Å²) >= 11 is 0. The molecule has 0 saturated heterocycles. The lowest BCUT2D eigenvalue weighted by Crippen LogP contribution is -2.52. The zero-order valence-corrected chi connectivity index (χ0v) is 22.3. The van der Waals surface area contributed by atoms with Gasteiger partial charge < -0.3 is 9.64 Å². The van der Waals surface area contributed by atoms with Gasteiger partial charge in [0.2, 0.25) is 5.91 Å². The number of amides is 2. The molecule has 0 spiro atoms. The minimum absolute atomic E-state index is 0.0436. The molecular weight excluding hydrogens is 571 g/mol. The average Bonchev–Trinajstić information content (AvgIpc) is 3.00. The van der Waals surface area contributed by atoms with Crippen LogP contribution in [-0.4, -0.2) is 52.7 Å². The van der Waals surface area contributed by atoms with E-state index in [2.05, 4.69) is 0 Å². The number of allylic oxidation sites excluding steroid dienone is 2. The van der Waals surface area contributed by atoms with Crippen molar-refractivity contribution in [1.82, 2.24) is 9.80 Å². The van der Waals surface area contributed by atoms with Gasteiger partial charge in [0.15, 0.2) is 0 Å². The van der Waals surface area contributed by atoms with Crippen molar-refractivity contribution in [2.24, 2.45) is 5.92 Å². The summed E-state index contributed by atoms with van der Waals surface area (Å²) in [6, 6.07) is -1.51. The van der Waals surface area contributed by atoms with Crippen LogP contribution in [0.2, 0.25) is 0 Å². The second-order valence-corrected chi connectivity index (χ2v) is 10.0. The number of carbonyl (C=O) groups is 2. The SMILES string of the molecule is CC(=O)N(Cc1cc(C(F)(F)F)cc(C(F)(F)F)c1)C1C=CCN(C(=O)OC(C)C)C2C(C)=C(C(F)(F)F)C=CC12. The molecule has 226 valence electrons. The quantitative estimate of drug-likeness (QED) is 0.270. The van der Waals surface area contributed by atoms with E-state index < -0.39 is 83.4 Å². The summed E-state index contributed by atoms with van der Waals surface area (Å²) in [5, 5.41) is 0. The summed E-state index contributed by atoms with van der Waals surface area (Å²) in [7, 11) is 0. The van der Waals surface area contributed by atoms with Gasteiger partial charge in [-0.05, 0) is 50.1 Å². The molecule has 0 fully saturated rings. The summed E-state index contributed by atoms with van der Waals surface area (Å²) in [5.41, 5.74) is -4.93. The normalized spacial score (nSPS) is 21.6. The molecule has 1 heterocycles. The van der Waals surface area contributed by atoms with E-state index in [0.29, 0.717) is 12.1 Å². The summed E-state index contributed by atoms with van der Waals surface area (Å²) < 4.78 is 127. The smallest absolute Gasteiger partial charge is 0.416 e. The molecule has 0 aromatic heterocycles. The van der Waals surface area contributed by atoms with E-state index in [4.69, 9.17) is 4.74 Å². The lowest BCUT2D eigenvalue weighted by Gasteiger charge is -2.42. The van der Waals surface area contributed by atoms with E-state index in [9.17, 15) is 49.1 Å². The van der Waals surface area contributed by atoms with Gasteiger partial charge in [-0.2, -0.15) is 39.5 Å². The number of benzene rings is 1. The molecule has 1 aliphatic heterocycles. The van der Waals surface area contributed by atoms with Crippen molar-refractivity contribution in [2.45, 2.75) is 71.0 Å². The van der Waals surface area contributed by atoms with E-state index in [0.717, 1.165) is 28.9 Å². The van der Waals surface area contributed by atoms with Gasteiger partial charge in [0.1, 0.15) is 0 Å². The Bertz CT molecular complexity index is 1230. The van der Waals surface area contributed by atoms with Gasteiger partial charge in [0.25, 0.3) is 0 Å². The first-order valence-electron chi connectivity index (χ1n) is 12.4. The largest absolute Gasteiger partial charge is 0.447 e. The van der Waals surface area contributed by atoms with Crippen molar-refractivity contribution in [3.05, 3.63) is 70.3 Å². The molecule has 3 rings (SSSR count). The first-order chi connectivity index (χ1) is 18.7. The van der Waals surface area contributed by atoms with Crippen LogP contribution >= 0.6 is 0 Å². The summed E-state index contributed by atoms with van der Waals surface area (Å²) in [6.45, 7) is 4.33. The second-order valence-electron chi connectivity index (χ2n) is 10.0. The molecule has 1 aromatic rings. The van der Waals surface area contributed by atoms with Crippen molar-refractivity contribution in [3.63, 3.8) is 0 Å². The van der Waals surface area contributed by atoms with Crippen LogP contribution in [0, 0.1) is 5.92 Å². The molecule has 5 nitrogen and oxygen atoms in total. The standard InChI is InChI=1S/C27H27F9N2O3/c1-14(2)41-24(40)37-9-5-6-22(20-7-8-21(27(34,35)36)15(3)23(20)37)38(16(4)39)13-17-10-18(25(28,29)30)12-19(11-17)26(31,32)33/h5-8,10-12,14,20,22-23H,9,13H2,1-4H3. The van der Waals surface area contributed by atoms with Crippen LogP contribution in [0.1, 0.15) is 44.4 Å². The molecule has 41 heavy (non-hydrogen) atoms. The molecule has 2 amide bonds. The van der Waals surface area contributed by atoms with Gasteiger partial charge >= 0.3 is 24.6 Å². The molecule has 1 aliphatic carbocycles. The zero-order valence-electron chi connectivity index (χ0n) is 22.3. The Kier molecular flexibility index (Phi) is 8.95. The Morgan fingerprint density at radius 1 is 0.951 bits per heavy atom. The summed E-state index contributed by atoms with van der Waals surface area (Å²) in [6.07, 6.45) is -11.9. The third kappa shape index (κ3) is 7.25. The maximum absolute atomic E-state index is 13.8. The van der Waals surface area contributed by atoms with Crippen LogP contribution in [-0.2, 0) is 28.4 Å². The highest BCUT2D eigenvalue weighted by Crippen LogP contribution is 2.41. The minimum Gasteiger partial charge on any atom is -0.447 e. The van der Waals surface area contributed by atoms with Crippen molar-refractivity contribution in [3.8, 4) is 0 Å². The third-order valence-electron chi connectivity index (χ3n) is 6.72. The maximum atomic E-state index is 13.8.